The van der Waals surface area contributed by atoms with Gasteiger partial charge in [-0.2, -0.15) is 0 Å². The van der Waals surface area contributed by atoms with Gasteiger partial charge in [0, 0.05) is 5.54 Å². The molecule has 0 bridgehead atoms. The van der Waals surface area contributed by atoms with E-state index in [-0.39, 0.29) is 5.54 Å². The molecule has 0 N–H and O–H groups in total. The third-order valence-corrected chi connectivity index (χ3v) is 6.54. The third kappa shape index (κ3) is 4.17. The van der Waals surface area contributed by atoms with Crippen molar-refractivity contribution < 1.29 is 0 Å². The SMILES string of the molecule is CC(C(Cl)Cl)[Si](Cl)(Cl)Cl. The van der Waals surface area contributed by atoms with E-state index in [4.69, 9.17) is 56.4 Å². The molecule has 0 aromatic carbocycles. The molecule has 0 nitrogen and oxygen atoms in total. The summed E-state index contributed by atoms with van der Waals surface area (Å²) in [6.45, 7) is 1.73. The molecule has 0 aliphatic heterocycles. The van der Waals surface area contributed by atoms with Crippen molar-refractivity contribution >= 4 is 62.4 Å². The van der Waals surface area contributed by atoms with Gasteiger partial charge in [-0.3, -0.25) is 0 Å². The topological polar surface area (TPSA) is 0 Å². The van der Waals surface area contributed by atoms with Gasteiger partial charge in [0.15, 0.2) is 0 Å². The van der Waals surface area contributed by atoms with E-state index in [1.807, 2.05) is 0 Å². The standard InChI is InChI=1S/C3H5Cl5Si/c1-2(3(4)5)9(6,7)8/h2-3H,1H3. The molecule has 0 saturated carbocycles. The zero-order valence-electron chi connectivity index (χ0n) is 4.54. The molecule has 9 heavy (non-hydrogen) atoms. The van der Waals surface area contributed by atoms with E-state index < -0.39 is 10.8 Å². The molecule has 0 radical (unpaired) electrons. The van der Waals surface area contributed by atoms with E-state index >= 15 is 0 Å². The third-order valence-electron chi connectivity index (χ3n) is 0.894. The molecular formula is C3H5Cl5Si. The van der Waals surface area contributed by atoms with Crippen LogP contribution in [0.25, 0.3) is 0 Å². The average molecular weight is 246 g/mol. The molecule has 1 unspecified atom stereocenters. The van der Waals surface area contributed by atoms with E-state index in [0.29, 0.717) is 0 Å². The highest BCUT2D eigenvalue weighted by molar-refractivity contribution is 7.65. The van der Waals surface area contributed by atoms with E-state index in [1.54, 1.807) is 6.92 Å². The van der Waals surface area contributed by atoms with Gasteiger partial charge in [0.05, 0.1) is 0 Å². The molecule has 0 heterocycles. The summed E-state index contributed by atoms with van der Waals surface area (Å²) in [6.07, 6.45) is 0. The van der Waals surface area contributed by atoms with Crippen LogP contribution in [0.1, 0.15) is 6.92 Å². The first kappa shape index (κ1) is 10.7. The Kier molecular flexibility index (Phi) is 4.61. The molecule has 0 aliphatic rings. The van der Waals surface area contributed by atoms with Crippen molar-refractivity contribution in [1.82, 2.24) is 0 Å². The van der Waals surface area contributed by atoms with Crippen LogP contribution in [-0.2, 0) is 0 Å². The number of halogens is 5. The molecule has 0 aromatic rings. The molecular weight excluding hydrogens is 241 g/mol. The normalized spacial score (nSPS) is 16.3. The molecule has 0 fully saturated rings. The van der Waals surface area contributed by atoms with Gasteiger partial charge in [-0.05, 0) is 0 Å². The lowest BCUT2D eigenvalue weighted by Gasteiger charge is -2.17. The Morgan fingerprint density at radius 1 is 1.11 bits per heavy atom. The van der Waals surface area contributed by atoms with Crippen LogP contribution in [0.15, 0.2) is 0 Å². The predicted octanol–water partition coefficient (Wildman–Crippen LogP) is 3.84. The van der Waals surface area contributed by atoms with Crippen molar-refractivity contribution in [2.24, 2.45) is 0 Å². The first-order valence-corrected chi connectivity index (χ1v) is 8.19. The quantitative estimate of drug-likeness (QED) is 0.394. The zero-order valence-corrected chi connectivity index (χ0v) is 9.32. The predicted molar refractivity (Wildman–Crippen MR) is 48.2 cm³/mol. The molecule has 0 rings (SSSR count). The summed E-state index contributed by atoms with van der Waals surface area (Å²) in [7, 11) is 0. The molecule has 56 valence electrons. The van der Waals surface area contributed by atoms with Gasteiger partial charge in [0.1, 0.15) is 4.84 Å². The van der Waals surface area contributed by atoms with Crippen LogP contribution in [0.4, 0.5) is 0 Å². The monoisotopic (exact) mass is 244 g/mol. The minimum atomic E-state index is -2.67. The van der Waals surface area contributed by atoms with E-state index in [2.05, 4.69) is 0 Å². The lowest BCUT2D eigenvalue weighted by molar-refractivity contribution is 1.01. The van der Waals surface area contributed by atoms with Crippen molar-refractivity contribution in [1.29, 1.82) is 0 Å². The van der Waals surface area contributed by atoms with E-state index in [9.17, 15) is 0 Å². The van der Waals surface area contributed by atoms with Crippen molar-refractivity contribution in [3.63, 3.8) is 0 Å². The zero-order chi connectivity index (χ0) is 7.65. The maximum absolute atomic E-state index is 5.58. The summed E-state index contributed by atoms with van der Waals surface area (Å²) in [6, 6.07) is -2.67. The Morgan fingerprint density at radius 3 is 1.44 bits per heavy atom. The first-order chi connectivity index (χ1) is 3.85. The summed E-state index contributed by atoms with van der Waals surface area (Å²) in [5.41, 5.74) is -0.217. The number of hydrogen-bond acceptors (Lipinski definition) is 0. The van der Waals surface area contributed by atoms with E-state index in [1.165, 1.54) is 0 Å². The summed E-state index contributed by atoms with van der Waals surface area (Å²) < 4.78 is 0. The van der Waals surface area contributed by atoms with Gasteiger partial charge >= 0.3 is 6.00 Å². The molecule has 0 amide bonds. The lowest BCUT2D eigenvalue weighted by atomic mass is 10.5. The smallest absolute Gasteiger partial charge is 0.126 e. The van der Waals surface area contributed by atoms with Crippen LogP contribution >= 0.6 is 56.4 Å². The lowest BCUT2D eigenvalue weighted by Crippen LogP contribution is -2.21. The molecule has 0 aromatic heterocycles. The van der Waals surface area contributed by atoms with Crippen LogP contribution < -0.4 is 0 Å². The Balaban J connectivity index is 3.88. The Bertz CT molecular complexity index is 86.7. The molecule has 0 saturated heterocycles. The minimum Gasteiger partial charge on any atom is -0.126 e. The Labute approximate surface area is 79.5 Å². The average Bonchev–Trinajstić information content (AvgIpc) is 1.62. The first-order valence-electron chi connectivity index (χ1n) is 2.20. The molecule has 1 atom stereocenters. The molecule has 6 heteroatoms. The molecule has 0 aliphatic carbocycles. The number of alkyl halides is 2. The summed E-state index contributed by atoms with van der Waals surface area (Å²) in [4.78, 5) is -0.579. The minimum absolute atomic E-state index is 0.217. The van der Waals surface area contributed by atoms with Gasteiger partial charge in [-0.15, -0.1) is 56.4 Å². The summed E-state index contributed by atoms with van der Waals surface area (Å²) in [5.74, 6) is 0. The van der Waals surface area contributed by atoms with Gasteiger partial charge in [-0.25, -0.2) is 0 Å². The van der Waals surface area contributed by atoms with Crippen LogP contribution in [0.5, 0.6) is 0 Å². The fraction of sp³-hybridized carbons (Fsp3) is 1.00. The highest BCUT2D eigenvalue weighted by Gasteiger charge is 2.37. The highest BCUT2D eigenvalue weighted by Crippen LogP contribution is 2.39. The van der Waals surface area contributed by atoms with E-state index in [0.717, 1.165) is 0 Å². The van der Waals surface area contributed by atoms with Crippen LogP contribution in [-0.4, -0.2) is 10.8 Å². The van der Waals surface area contributed by atoms with Crippen LogP contribution in [0.3, 0.4) is 0 Å². The van der Waals surface area contributed by atoms with Gasteiger partial charge in [-0.1, -0.05) is 6.92 Å². The van der Waals surface area contributed by atoms with Crippen molar-refractivity contribution in [2.45, 2.75) is 17.3 Å². The van der Waals surface area contributed by atoms with Gasteiger partial charge in [0.2, 0.25) is 0 Å². The number of rotatable bonds is 2. The summed E-state index contributed by atoms with van der Waals surface area (Å²) in [5, 5.41) is 0. The summed E-state index contributed by atoms with van der Waals surface area (Å²) >= 11 is 27.7. The fourth-order valence-electron chi connectivity index (χ4n) is 0.143. The largest absolute Gasteiger partial charge is 0.346 e. The second kappa shape index (κ2) is 3.89. The number of hydrogen-bond donors (Lipinski definition) is 0. The Hall–Kier alpha value is 1.67. The van der Waals surface area contributed by atoms with Crippen molar-refractivity contribution in [3.05, 3.63) is 0 Å². The fourth-order valence-corrected chi connectivity index (χ4v) is 3.86. The maximum atomic E-state index is 5.58. The second-order valence-electron chi connectivity index (χ2n) is 1.66. The highest BCUT2D eigenvalue weighted by atomic mass is 35.8. The van der Waals surface area contributed by atoms with Crippen molar-refractivity contribution in [3.8, 4) is 0 Å². The van der Waals surface area contributed by atoms with Crippen LogP contribution in [0.2, 0.25) is 5.54 Å². The van der Waals surface area contributed by atoms with Gasteiger partial charge in [0.25, 0.3) is 0 Å². The van der Waals surface area contributed by atoms with Gasteiger partial charge < -0.3 is 0 Å². The Morgan fingerprint density at radius 2 is 1.44 bits per heavy atom. The maximum Gasteiger partial charge on any atom is 0.346 e. The molecule has 0 spiro atoms. The van der Waals surface area contributed by atoms with Crippen molar-refractivity contribution in [2.75, 3.05) is 0 Å². The second-order valence-corrected chi connectivity index (χ2v) is 11.9. The van der Waals surface area contributed by atoms with Crippen LogP contribution in [0, 0.1) is 0 Å².